The van der Waals surface area contributed by atoms with E-state index in [1.54, 1.807) is 25.0 Å². The second-order valence-corrected chi connectivity index (χ2v) is 8.15. The molecule has 2 aromatic heterocycles. The van der Waals surface area contributed by atoms with Crippen LogP contribution in [0.25, 0.3) is 11.4 Å². The van der Waals surface area contributed by atoms with E-state index >= 15 is 0 Å². The molecule has 170 valence electrons. The van der Waals surface area contributed by atoms with Crippen molar-refractivity contribution < 1.29 is 4.79 Å². The van der Waals surface area contributed by atoms with Gasteiger partial charge in [0.1, 0.15) is 11.4 Å². The lowest BCUT2D eigenvalue weighted by Gasteiger charge is -2.21. The first kappa shape index (κ1) is 22.4. The fraction of sp³-hybridized carbons (Fsp3) is 0.320. The predicted octanol–water partition coefficient (Wildman–Crippen LogP) is 3.83. The predicted molar refractivity (Wildman–Crippen MR) is 133 cm³/mol. The molecule has 0 spiro atoms. The summed E-state index contributed by atoms with van der Waals surface area (Å²) in [6, 6.07) is 11.9. The summed E-state index contributed by atoms with van der Waals surface area (Å²) < 4.78 is 1.69. The van der Waals surface area contributed by atoms with Crippen molar-refractivity contribution >= 4 is 28.7 Å². The molecule has 0 atom stereocenters. The van der Waals surface area contributed by atoms with E-state index in [-0.39, 0.29) is 11.6 Å². The van der Waals surface area contributed by atoms with Crippen LogP contribution >= 0.6 is 0 Å². The first-order valence-electron chi connectivity index (χ1n) is 11.1. The number of rotatable bonds is 6. The Kier molecular flexibility index (Phi) is 6.09. The number of aromatic nitrogens is 3. The maximum atomic E-state index is 13.0. The molecule has 3 aromatic rings. The summed E-state index contributed by atoms with van der Waals surface area (Å²) in [6.07, 6.45) is 1.73. The highest BCUT2D eigenvalue weighted by molar-refractivity contribution is 6.70. The average molecular weight is 444 g/mol. The third kappa shape index (κ3) is 4.04. The monoisotopic (exact) mass is 443 g/mol. The molecule has 0 fully saturated rings. The number of carbonyl (C=O) groups excluding carboxylic acids is 1. The number of aliphatic imine (C=N–C) groups is 1. The van der Waals surface area contributed by atoms with Gasteiger partial charge in [-0.05, 0) is 63.6 Å². The Morgan fingerprint density at radius 1 is 1.09 bits per heavy atom. The third-order valence-corrected chi connectivity index (χ3v) is 5.72. The van der Waals surface area contributed by atoms with E-state index in [1.165, 1.54) is 4.90 Å². The van der Waals surface area contributed by atoms with Crippen LogP contribution in [0.1, 0.15) is 30.9 Å². The Bertz CT molecular complexity index is 1250. The van der Waals surface area contributed by atoms with Gasteiger partial charge in [-0.2, -0.15) is 5.10 Å². The van der Waals surface area contributed by atoms with Gasteiger partial charge in [0.05, 0.1) is 17.1 Å². The standard InChI is InChI=1S/C25H29N7O/c1-7-31(8-2)18-12-13-19(16(3)15-18)28-21-22(25(33)30(5)6)29-32-23(17(4)27-24(21)32)20-11-9-10-14-26-20/h9-15H,7-8H2,1-6H3. The summed E-state index contributed by atoms with van der Waals surface area (Å²) >= 11 is 0. The highest BCUT2D eigenvalue weighted by atomic mass is 16.2. The van der Waals surface area contributed by atoms with Gasteiger partial charge in [-0.1, -0.05) is 6.07 Å². The topological polar surface area (TPSA) is 79.0 Å². The number of hydrogen-bond acceptors (Lipinski definition) is 6. The van der Waals surface area contributed by atoms with Crippen LogP contribution in [-0.4, -0.2) is 64.1 Å². The molecule has 0 aliphatic carbocycles. The Labute approximate surface area is 194 Å². The Morgan fingerprint density at radius 2 is 1.85 bits per heavy atom. The minimum absolute atomic E-state index is 0.221. The van der Waals surface area contributed by atoms with E-state index in [0.717, 1.165) is 47.1 Å². The fourth-order valence-corrected chi connectivity index (χ4v) is 3.95. The summed E-state index contributed by atoms with van der Waals surface area (Å²) in [7, 11) is 3.41. The molecular weight excluding hydrogens is 414 g/mol. The second kappa shape index (κ2) is 8.97. The zero-order valence-corrected chi connectivity index (χ0v) is 20.0. The molecule has 1 amide bonds. The highest BCUT2D eigenvalue weighted by Crippen LogP contribution is 2.30. The lowest BCUT2D eigenvalue weighted by Crippen LogP contribution is -2.34. The SMILES string of the molecule is CCN(CC)c1ccc(N=C2C(C(=O)N(C)C)=Nn3c2nc(C)c3-c2ccccn2)c(C)c1. The number of benzene rings is 1. The van der Waals surface area contributed by atoms with Crippen LogP contribution in [-0.2, 0) is 4.79 Å². The minimum atomic E-state index is -0.221. The number of anilines is 1. The number of amides is 1. The van der Waals surface area contributed by atoms with E-state index in [4.69, 9.17) is 9.98 Å². The summed E-state index contributed by atoms with van der Waals surface area (Å²) in [5.41, 5.74) is 5.99. The van der Waals surface area contributed by atoms with Crippen molar-refractivity contribution in [1.29, 1.82) is 0 Å². The molecule has 0 N–H and O–H groups in total. The molecule has 33 heavy (non-hydrogen) atoms. The van der Waals surface area contributed by atoms with Gasteiger partial charge in [-0.3, -0.25) is 9.78 Å². The lowest BCUT2D eigenvalue weighted by molar-refractivity contribution is -0.121. The van der Waals surface area contributed by atoms with Crippen LogP contribution in [0.15, 0.2) is 52.7 Å². The normalized spacial score (nSPS) is 13.8. The summed E-state index contributed by atoms with van der Waals surface area (Å²) in [4.78, 5) is 30.9. The molecule has 1 aromatic carbocycles. The smallest absolute Gasteiger partial charge is 0.276 e. The Hall–Kier alpha value is -3.81. The van der Waals surface area contributed by atoms with Gasteiger partial charge >= 0.3 is 0 Å². The molecule has 0 saturated heterocycles. The Balaban J connectivity index is 1.86. The van der Waals surface area contributed by atoms with Crippen molar-refractivity contribution in [3.8, 4) is 11.4 Å². The maximum Gasteiger partial charge on any atom is 0.276 e. The van der Waals surface area contributed by atoms with Gasteiger partial charge in [0.2, 0.25) is 0 Å². The quantitative estimate of drug-likeness (QED) is 0.580. The number of hydrogen-bond donors (Lipinski definition) is 0. The highest BCUT2D eigenvalue weighted by Gasteiger charge is 2.34. The molecule has 1 aliphatic rings. The van der Waals surface area contributed by atoms with E-state index < -0.39 is 0 Å². The first-order chi connectivity index (χ1) is 15.8. The van der Waals surface area contributed by atoms with Gasteiger partial charge in [0, 0.05) is 39.1 Å². The third-order valence-electron chi connectivity index (χ3n) is 5.72. The van der Waals surface area contributed by atoms with Crippen molar-refractivity contribution in [2.24, 2.45) is 10.1 Å². The van der Waals surface area contributed by atoms with Crippen LogP contribution in [0, 0.1) is 13.8 Å². The minimum Gasteiger partial charge on any atom is -0.372 e. The summed E-state index contributed by atoms with van der Waals surface area (Å²) in [6.45, 7) is 10.1. The lowest BCUT2D eigenvalue weighted by atomic mass is 10.1. The molecule has 0 radical (unpaired) electrons. The molecule has 0 bridgehead atoms. The van der Waals surface area contributed by atoms with Gasteiger partial charge in [0.25, 0.3) is 5.91 Å². The first-order valence-corrected chi connectivity index (χ1v) is 11.1. The van der Waals surface area contributed by atoms with Crippen LogP contribution < -0.4 is 4.90 Å². The van der Waals surface area contributed by atoms with Gasteiger partial charge in [-0.25, -0.2) is 14.7 Å². The zero-order valence-electron chi connectivity index (χ0n) is 20.0. The van der Waals surface area contributed by atoms with Crippen LogP contribution in [0.2, 0.25) is 0 Å². The fourth-order valence-electron chi connectivity index (χ4n) is 3.95. The van der Waals surface area contributed by atoms with Gasteiger partial charge < -0.3 is 9.80 Å². The molecular formula is C25H29N7O. The second-order valence-electron chi connectivity index (χ2n) is 8.15. The van der Waals surface area contributed by atoms with Crippen molar-refractivity contribution in [2.75, 3.05) is 32.1 Å². The molecule has 8 nitrogen and oxygen atoms in total. The number of carbonyl (C=O) groups is 1. The number of fused-ring (bicyclic) bond motifs is 1. The van der Waals surface area contributed by atoms with Crippen molar-refractivity contribution in [3.63, 3.8) is 0 Å². The Morgan fingerprint density at radius 3 is 2.45 bits per heavy atom. The molecule has 8 heteroatoms. The zero-order chi connectivity index (χ0) is 23.7. The molecule has 3 heterocycles. The largest absolute Gasteiger partial charge is 0.372 e. The van der Waals surface area contributed by atoms with Crippen molar-refractivity contribution in [3.05, 3.63) is 59.7 Å². The van der Waals surface area contributed by atoms with E-state index in [0.29, 0.717) is 11.5 Å². The van der Waals surface area contributed by atoms with Gasteiger partial charge in [0.15, 0.2) is 11.5 Å². The van der Waals surface area contributed by atoms with Crippen LogP contribution in [0.4, 0.5) is 11.4 Å². The molecule has 4 rings (SSSR count). The van der Waals surface area contributed by atoms with E-state index in [2.05, 4.69) is 41.0 Å². The van der Waals surface area contributed by atoms with Gasteiger partial charge in [-0.15, -0.1) is 0 Å². The summed E-state index contributed by atoms with van der Waals surface area (Å²) in [5, 5.41) is 4.65. The van der Waals surface area contributed by atoms with Crippen LogP contribution in [0.5, 0.6) is 0 Å². The van der Waals surface area contributed by atoms with Crippen LogP contribution in [0.3, 0.4) is 0 Å². The number of pyridine rings is 1. The van der Waals surface area contributed by atoms with Crippen molar-refractivity contribution in [2.45, 2.75) is 27.7 Å². The van der Waals surface area contributed by atoms with E-state index in [9.17, 15) is 4.79 Å². The van der Waals surface area contributed by atoms with E-state index in [1.807, 2.05) is 38.1 Å². The maximum absolute atomic E-state index is 13.0. The molecule has 0 unspecified atom stereocenters. The number of aryl methyl sites for hydroxylation is 2. The number of imidazole rings is 1. The summed E-state index contributed by atoms with van der Waals surface area (Å²) in [5.74, 6) is 0.326. The average Bonchev–Trinajstić information content (AvgIpc) is 3.30. The molecule has 1 aliphatic heterocycles. The molecule has 0 saturated carbocycles. The van der Waals surface area contributed by atoms with Crippen molar-refractivity contribution in [1.82, 2.24) is 19.5 Å². The number of nitrogens with zero attached hydrogens (tertiary/aromatic N) is 7.